The lowest BCUT2D eigenvalue weighted by Gasteiger charge is -2.28. The van der Waals surface area contributed by atoms with Crippen LogP contribution in [0.1, 0.15) is 296 Å². The second-order valence-corrected chi connectivity index (χ2v) is 22.4. The highest BCUT2D eigenvalue weighted by atomic mass is 31.2. The van der Waals surface area contributed by atoms with Crippen molar-refractivity contribution in [2.75, 3.05) is 47.5 Å². The number of rotatable bonds is 54. The number of hydrogen-bond donors (Lipinski definition) is 0. The number of carbonyl (C=O) groups excluding carboxylic acids is 2. The molecule has 0 aromatic carbocycles. The fourth-order valence-electron chi connectivity index (χ4n) is 8.66. The van der Waals surface area contributed by atoms with E-state index in [1.54, 1.807) is 0 Å². The number of carbonyl (C=O) groups is 2. The van der Waals surface area contributed by atoms with Crippen LogP contribution in [0.5, 0.6) is 0 Å². The van der Waals surface area contributed by atoms with Gasteiger partial charge in [0.15, 0.2) is 6.10 Å². The van der Waals surface area contributed by atoms with Crippen molar-refractivity contribution in [3.63, 3.8) is 0 Å². The highest BCUT2D eigenvalue weighted by Gasteiger charge is 2.22. The van der Waals surface area contributed by atoms with Crippen molar-refractivity contribution in [2.24, 2.45) is 0 Å². The van der Waals surface area contributed by atoms with Gasteiger partial charge in [-0.25, -0.2) is 0 Å². The van der Waals surface area contributed by atoms with E-state index in [2.05, 4.69) is 13.8 Å². The van der Waals surface area contributed by atoms with E-state index in [1.165, 1.54) is 231 Å². The predicted molar refractivity (Wildman–Crippen MR) is 278 cm³/mol. The van der Waals surface area contributed by atoms with Crippen LogP contribution in [0.4, 0.5) is 0 Å². The summed E-state index contributed by atoms with van der Waals surface area (Å²) in [5, 5.41) is 0. The van der Waals surface area contributed by atoms with Crippen molar-refractivity contribution >= 4 is 19.8 Å². The first kappa shape index (κ1) is 65.0. The fraction of sp³-hybridized carbons (Fsp3) is 0.964. The van der Waals surface area contributed by atoms with Gasteiger partial charge in [-0.3, -0.25) is 14.2 Å². The minimum absolute atomic E-state index is 0.0251. The van der Waals surface area contributed by atoms with Crippen LogP contribution in [0.2, 0.25) is 0 Å². The summed E-state index contributed by atoms with van der Waals surface area (Å²) < 4.78 is 34.2. The molecule has 0 radical (unpaired) electrons. The Morgan fingerprint density at radius 3 is 0.970 bits per heavy atom. The van der Waals surface area contributed by atoms with Crippen molar-refractivity contribution in [2.45, 2.75) is 302 Å². The molecule has 0 saturated carbocycles. The summed E-state index contributed by atoms with van der Waals surface area (Å²) in [5.74, 6) is -0.809. The summed E-state index contributed by atoms with van der Waals surface area (Å²) in [6.45, 7) is 4.31. The molecular formula is C56H112NO8P. The predicted octanol–water partition coefficient (Wildman–Crippen LogP) is 16.9. The van der Waals surface area contributed by atoms with Gasteiger partial charge in [0.1, 0.15) is 19.8 Å². The highest BCUT2D eigenvalue weighted by Crippen LogP contribution is 2.38. The summed E-state index contributed by atoms with van der Waals surface area (Å²) in [4.78, 5) is 37.8. The van der Waals surface area contributed by atoms with E-state index >= 15 is 0 Å². The van der Waals surface area contributed by atoms with Crippen molar-refractivity contribution in [1.82, 2.24) is 0 Å². The molecule has 2 atom stereocenters. The number of hydrogen-bond acceptors (Lipinski definition) is 8. The molecule has 0 amide bonds. The number of nitrogens with zero attached hydrogens (tertiary/aromatic N) is 1. The third kappa shape index (κ3) is 52.4. The first-order valence-electron chi connectivity index (χ1n) is 28.7. The second-order valence-electron chi connectivity index (χ2n) is 21.0. The van der Waals surface area contributed by atoms with Crippen molar-refractivity contribution in [3.05, 3.63) is 0 Å². The number of ether oxygens (including phenoxy) is 2. The lowest BCUT2D eigenvalue weighted by molar-refractivity contribution is -0.870. The molecule has 0 aliphatic carbocycles. The monoisotopic (exact) mass is 958 g/mol. The largest absolute Gasteiger partial charge is 0.756 e. The van der Waals surface area contributed by atoms with E-state index in [4.69, 9.17) is 18.5 Å². The van der Waals surface area contributed by atoms with Crippen LogP contribution < -0.4 is 4.89 Å². The first-order valence-corrected chi connectivity index (χ1v) is 30.2. The van der Waals surface area contributed by atoms with Gasteiger partial charge in [0.2, 0.25) is 0 Å². The molecule has 0 heterocycles. The second kappa shape index (κ2) is 49.0. The molecule has 10 heteroatoms. The molecule has 66 heavy (non-hydrogen) atoms. The quantitative estimate of drug-likeness (QED) is 0.0256. The first-order chi connectivity index (χ1) is 32.0. The lowest BCUT2D eigenvalue weighted by Crippen LogP contribution is -2.37. The summed E-state index contributed by atoms with van der Waals surface area (Å²) >= 11 is 0. The van der Waals surface area contributed by atoms with E-state index in [1.807, 2.05) is 21.1 Å². The highest BCUT2D eigenvalue weighted by molar-refractivity contribution is 7.45. The molecule has 0 N–H and O–H groups in total. The topological polar surface area (TPSA) is 111 Å². The van der Waals surface area contributed by atoms with E-state index in [-0.39, 0.29) is 32.0 Å². The van der Waals surface area contributed by atoms with Crippen LogP contribution in [0.25, 0.3) is 0 Å². The third-order valence-corrected chi connectivity index (χ3v) is 14.1. The summed E-state index contributed by atoms with van der Waals surface area (Å²) in [5.41, 5.74) is 0. The zero-order chi connectivity index (χ0) is 48.5. The van der Waals surface area contributed by atoms with Crippen LogP contribution in [-0.4, -0.2) is 70.0 Å². The number of unbranched alkanes of at least 4 members (excludes halogenated alkanes) is 40. The van der Waals surface area contributed by atoms with Crippen molar-refractivity contribution in [3.8, 4) is 0 Å². The molecule has 394 valence electrons. The zero-order valence-electron chi connectivity index (χ0n) is 44.7. The fourth-order valence-corrected chi connectivity index (χ4v) is 9.39. The van der Waals surface area contributed by atoms with Crippen molar-refractivity contribution in [1.29, 1.82) is 0 Å². The number of quaternary nitrogens is 1. The maximum Gasteiger partial charge on any atom is 0.306 e. The average Bonchev–Trinajstić information content (AvgIpc) is 3.27. The molecule has 0 bridgehead atoms. The molecule has 0 saturated heterocycles. The molecule has 9 nitrogen and oxygen atoms in total. The molecule has 2 unspecified atom stereocenters. The molecule has 0 aliphatic rings. The van der Waals surface area contributed by atoms with Gasteiger partial charge in [-0.15, -0.1) is 0 Å². The number of phosphoric acid groups is 1. The number of phosphoric ester groups is 1. The normalized spacial score (nSPS) is 13.2. The molecule has 0 rings (SSSR count). The third-order valence-electron chi connectivity index (χ3n) is 13.1. The van der Waals surface area contributed by atoms with Crippen LogP contribution >= 0.6 is 7.82 Å². The van der Waals surface area contributed by atoms with E-state index in [0.717, 1.165) is 32.1 Å². The Bertz CT molecular complexity index is 1080. The SMILES string of the molecule is CCCCCCCCCCCCCCCCCCCCCCCCCC(=O)OC(COC(=O)CCCCCCCCCCCCCCCCCCCCC)COP(=O)([O-])OCC[N+](C)(C)C. The standard InChI is InChI=1S/C56H112NO8P/c1-6-8-10-12-14-16-18-20-22-24-26-27-28-29-31-33-35-37-39-41-43-45-47-49-56(59)65-54(53-64-66(60,61)63-51-50-57(3,4)5)52-62-55(58)48-46-44-42-40-38-36-34-32-30-25-23-21-19-17-15-13-11-9-7-2/h54H,6-53H2,1-5H3. The van der Waals surface area contributed by atoms with Crippen LogP contribution in [0.3, 0.4) is 0 Å². The molecule has 0 aliphatic heterocycles. The van der Waals surface area contributed by atoms with Gasteiger partial charge in [0, 0.05) is 12.8 Å². The summed E-state index contributed by atoms with van der Waals surface area (Å²) in [6, 6.07) is 0. The van der Waals surface area contributed by atoms with Crippen LogP contribution in [0, 0.1) is 0 Å². The van der Waals surface area contributed by atoms with Gasteiger partial charge >= 0.3 is 11.9 Å². The van der Waals surface area contributed by atoms with Gasteiger partial charge in [0.25, 0.3) is 7.82 Å². The summed E-state index contributed by atoms with van der Waals surface area (Å²) in [6.07, 6.45) is 54.3. The Labute approximate surface area is 410 Å². The van der Waals surface area contributed by atoms with Gasteiger partial charge in [0.05, 0.1) is 27.7 Å². The Hall–Kier alpha value is -0.990. The van der Waals surface area contributed by atoms with Gasteiger partial charge in [-0.2, -0.15) is 0 Å². The minimum Gasteiger partial charge on any atom is -0.756 e. The zero-order valence-corrected chi connectivity index (χ0v) is 45.6. The molecule has 0 spiro atoms. The van der Waals surface area contributed by atoms with Crippen molar-refractivity contribution < 1.29 is 42.1 Å². The van der Waals surface area contributed by atoms with Gasteiger partial charge in [-0.1, -0.05) is 271 Å². The molecule has 0 aromatic heterocycles. The van der Waals surface area contributed by atoms with E-state index in [9.17, 15) is 19.0 Å². The maximum absolute atomic E-state index is 12.8. The average molecular weight is 958 g/mol. The minimum atomic E-state index is -4.63. The molecular weight excluding hydrogens is 846 g/mol. The Morgan fingerprint density at radius 1 is 0.409 bits per heavy atom. The number of likely N-dealkylation sites (N-methyl/N-ethyl adjacent to an activating group) is 1. The molecule has 0 aromatic rings. The van der Waals surface area contributed by atoms with E-state index < -0.39 is 26.5 Å². The van der Waals surface area contributed by atoms with Gasteiger partial charge in [-0.05, 0) is 12.8 Å². The maximum atomic E-state index is 12.8. The lowest BCUT2D eigenvalue weighted by atomic mass is 10.0. The Kier molecular flexibility index (Phi) is 48.3. The number of esters is 2. The molecule has 0 fully saturated rings. The van der Waals surface area contributed by atoms with Gasteiger partial charge < -0.3 is 27.9 Å². The Balaban J connectivity index is 4.11. The smallest absolute Gasteiger partial charge is 0.306 e. The van der Waals surface area contributed by atoms with Crippen LogP contribution in [-0.2, 0) is 32.7 Å². The van der Waals surface area contributed by atoms with E-state index in [0.29, 0.717) is 17.4 Å². The van der Waals surface area contributed by atoms with Crippen LogP contribution in [0.15, 0.2) is 0 Å². The summed E-state index contributed by atoms with van der Waals surface area (Å²) in [7, 11) is 1.19. The Morgan fingerprint density at radius 2 is 0.682 bits per heavy atom.